The van der Waals surface area contributed by atoms with Gasteiger partial charge < -0.3 is 14.7 Å². The summed E-state index contributed by atoms with van der Waals surface area (Å²) in [4.78, 5) is 27.7. The van der Waals surface area contributed by atoms with E-state index in [1.165, 1.54) is 6.07 Å². The third-order valence-corrected chi connectivity index (χ3v) is 6.89. The van der Waals surface area contributed by atoms with Crippen molar-refractivity contribution in [1.29, 1.82) is 0 Å². The lowest BCUT2D eigenvalue weighted by atomic mass is 9.93. The Balaban J connectivity index is 1.84. The molecule has 2 aliphatic rings. The van der Waals surface area contributed by atoms with Crippen molar-refractivity contribution in [1.82, 2.24) is 9.58 Å². The van der Waals surface area contributed by atoms with Crippen molar-refractivity contribution in [2.24, 2.45) is 0 Å². The number of carbonyl (C=O) groups excluding carboxylic acids is 1. The van der Waals surface area contributed by atoms with Crippen LogP contribution in [0.25, 0.3) is 0 Å². The highest BCUT2D eigenvalue weighted by atomic mass is 35.5. The number of aromatic nitrogens is 1. The van der Waals surface area contributed by atoms with Crippen molar-refractivity contribution in [2.45, 2.75) is 32.4 Å². The fourth-order valence-electron chi connectivity index (χ4n) is 4.87. The largest absolute Gasteiger partial charge is 0.502 e. The molecule has 180 valence electrons. The highest BCUT2D eigenvalue weighted by Gasteiger charge is 2.39. The van der Waals surface area contributed by atoms with Crippen LogP contribution >= 0.6 is 11.6 Å². The maximum absolute atomic E-state index is 13.6. The molecule has 0 fully saturated rings. The third-order valence-electron chi connectivity index (χ3n) is 6.65. The van der Waals surface area contributed by atoms with E-state index in [1.54, 1.807) is 21.8 Å². The molecule has 3 aromatic rings. The van der Waals surface area contributed by atoms with E-state index in [0.717, 1.165) is 16.7 Å². The number of pyridine rings is 1. The minimum atomic E-state index is -0.595. The molecule has 2 aromatic carbocycles. The van der Waals surface area contributed by atoms with Gasteiger partial charge in [0.05, 0.1) is 6.04 Å². The number of halogens is 1. The Bertz CT molecular complexity index is 1380. The SMILES string of the molecule is CC[C@@H]1/C=C/COc2cc(Cl)ccc2[C@H](c2ccccc2C)N2CN1C(=O)c1c(O)c(=O)ccn12. The number of hydrogen-bond donors (Lipinski definition) is 1. The Kier molecular flexibility index (Phi) is 6.03. The van der Waals surface area contributed by atoms with Crippen LogP contribution in [0.3, 0.4) is 0 Å². The fourth-order valence-corrected chi connectivity index (χ4v) is 5.03. The zero-order valence-electron chi connectivity index (χ0n) is 19.5. The lowest BCUT2D eigenvalue weighted by molar-refractivity contribution is 0.0626. The molecule has 2 aliphatic heterocycles. The monoisotopic (exact) mass is 491 g/mol. The number of carbonyl (C=O) groups is 1. The van der Waals surface area contributed by atoms with Crippen molar-refractivity contribution in [3.63, 3.8) is 0 Å². The molecular weight excluding hydrogens is 466 g/mol. The summed E-state index contributed by atoms with van der Waals surface area (Å²) in [5.41, 5.74) is 2.25. The maximum atomic E-state index is 13.6. The van der Waals surface area contributed by atoms with Gasteiger partial charge in [0.1, 0.15) is 25.1 Å². The van der Waals surface area contributed by atoms with Gasteiger partial charge in [0.25, 0.3) is 5.91 Å². The zero-order valence-corrected chi connectivity index (χ0v) is 20.3. The summed E-state index contributed by atoms with van der Waals surface area (Å²) in [6.07, 6.45) is 6.02. The number of ether oxygens (including phenoxy) is 1. The first-order valence-electron chi connectivity index (χ1n) is 11.6. The lowest BCUT2D eigenvalue weighted by Gasteiger charge is -2.46. The Morgan fingerprint density at radius 1 is 1.11 bits per heavy atom. The Hall–Kier alpha value is -3.71. The topological polar surface area (TPSA) is 75.0 Å². The second-order valence-electron chi connectivity index (χ2n) is 8.73. The van der Waals surface area contributed by atoms with Crippen molar-refractivity contribution >= 4 is 17.5 Å². The molecule has 1 amide bonds. The van der Waals surface area contributed by atoms with Crippen LogP contribution in [0.5, 0.6) is 11.5 Å². The molecule has 3 heterocycles. The highest BCUT2D eigenvalue weighted by Crippen LogP contribution is 2.39. The molecule has 35 heavy (non-hydrogen) atoms. The van der Waals surface area contributed by atoms with Gasteiger partial charge in [-0.25, -0.2) is 0 Å². The number of rotatable bonds is 2. The number of benzene rings is 2. The Morgan fingerprint density at radius 2 is 1.91 bits per heavy atom. The van der Waals surface area contributed by atoms with Crippen molar-refractivity contribution < 1.29 is 14.6 Å². The van der Waals surface area contributed by atoms with Crippen molar-refractivity contribution in [2.75, 3.05) is 18.3 Å². The van der Waals surface area contributed by atoms with Crippen LogP contribution in [-0.4, -0.2) is 39.9 Å². The van der Waals surface area contributed by atoms with E-state index in [-0.39, 0.29) is 18.4 Å². The third kappa shape index (κ3) is 3.96. The van der Waals surface area contributed by atoms with Gasteiger partial charge in [0, 0.05) is 22.8 Å². The van der Waals surface area contributed by atoms with Crippen LogP contribution in [0.2, 0.25) is 5.02 Å². The van der Waals surface area contributed by atoms with E-state index in [0.29, 0.717) is 23.8 Å². The number of fused-ring (bicyclic) bond motifs is 5. The predicted molar refractivity (Wildman–Crippen MR) is 135 cm³/mol. The second kappa shape index (κ2) is 9.15. The summed E-state index contributed by atoms with van der Waals surface area (Å²) in [6.45, 7) is 4.57. The second-order valence-corrected chi connectivity index (χ2v) is 9.17. The Labute approximate surface area is 208 Å². The highest BCUT2D eigenvalue weighted by molar-refractivity contribution is 6.30. The van der Waals surface area contributed by atoms with E-state index >= 15 is 0 Å². The van der Waals surface area contributed by atoms with Gasteiger partial charge >= 0.3 is 0 Å². The standard InChI is InChI=1S/C27H26ClN3O4/c1-3-19-8-6-14-35-23-15-18(28)10-11-21(23)24(20-9-5-4-7-17(20)2)31-16-29(19)27(34)25-26(33)22(32)12-13-30(25)31/h4-13,15,19,24,33H,3,14,16H2,1-2H3/b8-6+/t19-,24+/m1/s1. The van der Waals surface area contributed by atoms with Crippen LogP contribution < -0.4 is 15.2 Å². The van der Waals surface area contributed by atoms with Crippen LogP contribution in [0.15, 0.2) is 71.7 Å². The minimum Gasteiger partial charge on any atom is -0.502 e. The summed E-state index contributed by atoms with van der Waals surface area (Å²) in [5.74, 6) is -0.328. The van der Waals surface area contributed by atoms with Gasteiger partial charge in [0.2, 0.25) is 5.43 Å². The van der Waals surface area contributed by atoms with Gasteiger partial charge in [-0.1, -0.05) is 54.9 Å². The van der Waals surface area contributed by atoms with E-state index < -0.39 is 23.1 Å². The molecule has 5 rings (SSSR count). The molecule has 0 unspecified atom stereocenters. The number of aromatic hydroxyl groups is 1. The van der Waals surface area contributed by atoms with Crippen LogP contribution in [0.1, 0.15) is 46.6 Å². The normalized spacial score (nSPS) is 20.4. The molecule has 0 radical (unpaired) electrons. The molecule has 0 saturated carbocycles. The summed E-state index contributed by atoms with van der Waals surface area (Å²) in [6, 6.07) is 14.2. The molecule has 0 spiro atoms. The summed E-state index contributed by atoms with van der Waals surface area (Å²) in [5, 5.41) is 13.3. The molecular formula is C27H26ClN3O4. The van der Waals surface area contributed by atoms with E-state index in [4.69, 9.17) is 16.3 Å². The lowest BCUT2D eigenvalue weighted by Crippen LogP contribution is -2.57. The van der Waals surface area contributed by atoms with Gasteiger partial charge in [0.15, 0.2) is 11.4 Å². The van der Waals surface area contributed by atoms with Crippen LogP contribution in [-0.2, 0) is 0 Å². The molecule has 2 bridgehead atoms. The van der Waals surface area contributed by atoms with Crippen LogP contribution in [0, 0.1) is 6.92 Å². The first-order chi connectivity index (χ1) is 16.9. The smallest absolute Gasteiger partial charge is 0.278 e. The maximum Gasteiger partial charge on any atom is 0.278 e. The molecule has 2 atom stereocenters. The molecule has 0 aliphatic carbocycles. The minimum absolute atomic E-state index is 0.0511. The van der Waals surface area contributed by atoms with Crippen LogP contribution in [0.4, 0.5) is 0 Å². The van der Waals surface area contributed by atoms with Gasteiger partial charge in [-0.05, 0) is 42.7 Å². The number of nitrogens with zero attached hydrogens (tertiary/aromatic N) is 3. The zero-order chi connectivity index (χ0) is 24.7. The quantitative estimate of drug-likeness (QED) is 0.538. The van der Waals surface area contributed by atoms with Crippen molar-refractivity contribution in [3.8, 4) is 11.5 Å². The van der Waals surface area contributed by atoms with E-state index in [2.05, 4.69) is 0 Å². The van der Waals surface area contributed by atoms with E-state index in [9.17, 15) is 14.7 Å². The average molecular weight is 492 g/mol. The molecule has 0 saturated heterocycles. The summed E-state index contributed by atoms with van der Waals surface area (Å²) >= 11 is 6.35. The van der Waals surface area contributed by atoms with Gasteiger partial charge in [-0.2, -0.15) is 0 Å². The van der Waals surface area contributed by atoms with E-state index in [1.807, 2.05) is 67.4 Å². The van der Waals surface area contributed by atoms with Crippen molar-refractivity contribution in [3.05, 3.63) is 105 Å². The number of hydrogen-bond acceptors (Lipinski definition) is 5. The average Bonchev–Trinajstić information content (AvgIpc) is 2.87. The molecule has 1 aromatic heterocycles. The molecule has 8 heteroatoms. The number of amides is 1. The fraction of sp³-hybridized carbons (Fsp3) is 0.259. The number of aryl methyl sites for hydroxylation is 1. The molecule has 1 N–H and O–H groups in total. The summed E-state index contributed by atoms with van der Waals surface area (Å²) in [7, 11) is 0. The molecule has 7 nitrogen and oxygen atoms in total. The van der Waals surface area contributed by atoms with Gasteiger partial charge in [-0.15, -0.1) is 0 Å². The Morgan fingerprint density at radius 3 is 2.69 bits per heavy atom. The first-order valence-corrected chi connectivity index (χ1v) is 12.0. The summed E-state index contributed by atoms with van der Waals surface area (Å²) < 4.78 is 7.78. The first kappa shape index (κ1) is 23.1. The predicted octanol–water partition coefficient (Wildman–Crippen LogP) is 4.38. The van der Waals surface area contributed by atoms with Gasteiger partial charge in [-0.3, -0.25) is 19.3 Å².